The number of hydrogen-bond donors (Lipinski definition) is 1. The van der Waals surface area contributed by atoms with Crippen LogP contribution in [0.3, 0.4) is 0 Å². The topological polar surface area (TPSA) is 71.3 Å². The molecule has 1 N–H and O–H groups in total. The number of fused-ring (bicyclic) bond motifs is 1. The number of nitro benzene ring substituents is 1. The first-order valence-electron chi connectivity index (χ1n) is 7.58. The van der Waals surface area contributed by atoms with Crippen molar-refractivity contribution in [3.05, 3.63) is 40.6 Å². The van der Waals surface area contributed by atoms with E-state index in [1.54, 1.807) is 18.3 Å². The van der Waals surface area contributed by atoms with Crippen molar-refractivity contribution >= 4 is 22.3 Å². The Morgan fingerprint density at radius 3 is 2.95 bits per heavy atom. The van der Waals surface area contributed by atoms with E-state index in [4.69, 9.17) is 0 Å². The van der Waals surface area contributed by atoms with Gasteiger partial charge in [0.1, 0.15) is 0 Å². The summed E-state index contributed by atoms with van der Waals surface area (Å²) in [5, 5.41) is 15.4. The van der Waals surface area contributed by atoms with Gasteiger partial charge in [0.15, 0.2) is 0 Å². The predicted octanol–water partition coefficient (Wildman–Crippen LogP) is 2.58. The van der Waals surface area contributed by atoms with Crippen molar-refractivity contribution in [3.8, 4) is 0 Å². The summed E-state index contributed by atoms with van der Waals surface area (Å²) in [5.74, 6) is 0.547. The number of hydrogen-bond acceptors (Lipinski definition) is 5. The second kappa shape index (κ2) is 5.88. The fourth-order valence-corrected chi connectivity index (χ4v) is 2.95. The molecule has 1 saturated heterocycles. The smallest absolute Gasteiger partial charge is 0.270 e. The van der Waals surface area contributed by atoms with Gasteiger partial charge in [0.05, 0.1) is 10.4 Å². The maximum absolute atomic E-state index is 11.0. The van der Waals surface area contributed by atoms with E-state index in [1.807, 2.05) is 6.07 Å². The average Bonchev–Trinajstić information content (AvgIpc) is 2.53. The lowest BCUT2D eigenvalue weighted by Gasteiger charge is -2.37. The molecule has 0 radical (unpaired) electrons. The fraction of sp³-hybridized carbons (Fsp3) is 0.438. The van der Waals surface area contributed by atoms with Gasteiger partial charge < -0.3 is 10.2 Å². The standard InChI is InChI=1S/C16H20N4O2/c1-11(2)15-10-19(8-7-18-15)16-5-6-17-14-4-3-12(20(21)22)9-13(14)16/h3-6,9,11,15,18H,7-8,10H2,1-2H3. The van der Waals surface area contributed by atoms with Crippen LogP contribution in [-0.2, 0) is 0 Å². The van der Waals surface area contributed by atoms with Crippen LogP contribution in [0.4, 0.5) is 11.4 Å². The number of nitrogens with one attached hydrogen (secondary N) is 1. The van der Waals surface area contributed by atoms with E-state index in [1.165, 1.54) is 6.07 Å². The number of pyridine rings is 1. The number of piperazine rings is 1. The largest absolute Gasteiger partial charge is 0.368 e. The van der Waals surface area contributed by atoms with Gasteiger partial charge in [-0.1, -0.05) is 13.8 Å². The van der Waals surface area contributed by atoms with E-state index in [-0.39, 0.29) is 10.6 Å². The molecule has 6 nitrogen and oxygen atoms in total. The summed E-state index contributed by atoms with van der Waals surface area (Å²) in [6.07, 6.45) is 1.77. The lowest BCUT2D eigenvalue weighted by atomic mass is 10.0. The second-order valence-electron chi connectivity index (χ2n) is 6.04. The molecule has 1 aromatic carbocycles. The zero-order chi connectivity index (χ0) is 15.7. The molecule has 2 aromatic rings. The summed E-state index contributed by atoms with van der Waals surface area (Å²) in [4.78, 5) is 17.3. The van der Waals surface area contributed by atoms with E-state index < -0.39 is 0 Å². The third-order valence-corrected chi connectivity index (χ3v) is 4.26. The maximum atomic E-state index is 11.0. The Kier molecular flexibility index (Phi) is 3.94. The predicted molar refractivity (Wildman–Crippen MR) is 87.2 cm³/mol. The molecule has 0 aliphatic carbocycles. The van der Waals surface area contributed by atoms with E-state index in [9.17, 15) is 10.1 Å². The molecule has 0 bridgehead atoms. The van der Waals surface area contributed by atoms with Gasteiger partial charge in [-0.15, -0.1) is 0 Å². The van der Waals surface area contributed by atoms with Gasteiger partial charge in [-0.3, -0.25) is 15.1 Å². The SMILES string of the molecule is CC(C)C1CN(c2ccnc3ccc([N+](=O)[O-])cc23)CCN1. The molecule has 0 saturated carbocycles. The fourth-order valence-electron chi connectivity index (χ4n) is 2.95. The quantitative estimate of drug-likeness (QED) is 0.697. The van der Waals surface area contributed by atoms with Crippen molar-refractivity contribution in [1.82, 2.24) is 10.3 Å². The van der Waals surface area contributed by atoms with Crippen molar-refractivity contribution in [2.45, 2.75) is 19.9 Å². The summed E-state index contributed by atoms with van der Waals surface area (Å²) in [6.45, 7) is 7.12. The van der Waals surface area contributed by atoms with Crippen molar-refractivity contribution in [2.75, 3.05) is 24.5 Å². The molecule has 1 aliphatic heterocycles. The minimum Gasteiger partial charge on any atom is -0.368 e. The van der Waals surface area contributed by atoms with Crippen LogP contribution in [0, 0.1) is 16.0 Å². The van der Waals surface area contributed by atoms with Gasteiger partial charge >= 0.3 is 0 Å². The molecule has 116 valence electrons. The van der Waals surface area contributed by atoms with Gasteiger partial charge in [-0.2, -0.15) is 0 Å². The van der Waals surface area contributed by atoms with Crippen molar-refractivity contribution in [2.24, 2.45) is 5.92 Å². The first-order valence-corrected chi connectivity index (χ1v) is 7.58. The Labute approximate surface area is 129 Å². The molecular weight excluding hydrogens is 280 g/mol. The third-order valence-electron chi connectivity index (χ3n) is 4.26. The van der Waals surface area contributed by atoms with Gasteiger partial charge in [-0.25, -0.2) is 0 Å². The number of nitro groups is 1. The van der Waals surface area contributed by atoms with Crippen molar-refractivity contribution in [3.63, 3.8) is 0 Å². The molecule has 2 heterocycles. The highest BCUT2D eigenvalue weighted by atomic mass is 16.6. The van der Waals surface area contributed by atoms with Gasteiger partial charge in [0, 0.05) is 55.1 Å². The van der Waals surface area contributed by atoms with E-state index in [0.29, 0.717) is 12.0 Å². The van der Waals surface area contributed by atoms with Crippen LogP contribution in [0.25, 0.3) is 10.9 Å². The normalized spacial score (nSPS) is 18.9. The van der Waals surface area contributed by atoms with Crippen LogP contribution in [-0.4, -0.2) is 35.6 Å². The minimum atomic E-state index is -0.356. The van der Waals surface area contributed by atoms with E-state index in [0.717, 1.165) is 36.2 Å². The third kappa shape index (κ3) is 2.74. The molecule has 22 heavy (non-hydrogen) atoms. The van der Waals surface area contributed by atoms with Crippen LogP contribution in [0.2, 0.25) is 0 Å². The van der Waals surface area contributed by atoms with Gasteiger partial charge in [0.2, 0.25) is 0 Å². The first kappa shape index (κ1) is 14.7. The molecule has 1 unspecified atom stereocenters. The number of nitrogens with zero attached hydrogens (tertiary/aromatic N) is 3. The van der Waals surface area contributed by atoms with Crippen LogP contribution in [0.5, 0.6) is 0 Å². The average molecular weight is 300 g/mol. The summed E-state index contributed by atoms with van der Waals surface area (Å²) in [5.41, 5.74) is 1.93. The molecular formula is C16H20N4O2. The monoisotopic (exact) mass is 300 g/mol. The summed E-state index contributed by atoms with van der Waals surface area (Å²) >= 11 is 0. The molecule has 1 aliphatic rings. The summed E-state index contributed by atoms with van der Waals surface area (Å²) < 4.78 is 0. The maximum Gasteiger partial charge on any atom is 0.270 e. The number of benzene rings is 1. The zero-order valence-electron chi connectivity index (χ0n) is 12.8. The summed E-state index contributed by atoms with van der Waals surface area (Å²) in [6, 6.07) is 7.24. The second-order valence-corrected chi connectivity index (χ2v) is 6.04. The Balaban J connectivity index is 2.02. The zero-order valence-corrected chi connectivity index (χ0v) is 12.8. The Morgan fingerprint density at radius 1 is 1.41 bits per heavy atom. The number of aromatic nitrogens is 1. The highest BCUT2D eigenvalue weighted by molar-refractivity contribution is 5.93. The van der Waals surface area contributed by atoms with Crippen LogP contribution < -0.4 is 10.2 Å². The summed E-state index contributed by atoms with van der Waals surface area (Å²) in [7, 11) is 0. The van der Waals surface area contributed by atoms with Gasteiger partial charge in [0.25, 0.3) is 5.69 Å². The van der Waals surface area contributed by atoms with Crippen LogP contribution >= 0.6 is 0 Å². The molecule has 1 aromatic heterocycles. The lowest BCUT2D eigenvalue weighted by Crippen LogP contribution is -2.53. The molecule has 0 amide bonds. The van der Waals surface area contributed by atoms with Crippen molar-refractivity contribution < 1.29 is 4.92 Å². The Morgan fingerprint density at radius 2 is 2.23 bits per heavy atom. The molecule has 3 rings (SSSR count). The van der Waals surface area contributed by atoms with E-state index in [2.05, 4.69) is 29.0 Å². The molecule has 0 spiro atoms. The minimum absolute atomic E-state index is 0.109. The highest BCUT2D eigenvalue weighted by Crippen LogP contribution is 2.29. The first-order chi connectivity index (χ1) is 10.6. The Hall–Kier alpha value is -2.21. The number of non-ortho nitro benzene ring substituents is 1. The Bertz CT molecular complexity index is 702. The van der Waals surface area contributed by atoms with Gasteiger partial charge in [-0.05, 0) is 18.1 Å². The van der Waals surface area contributed by atoms with Crippen LogP contribution in [0.15, 0.2) is 30.5 Å². The number of rotatable bonds is 3. The highest BCUT2D eigenvalue weighted by Gasteiger charge is 2.23. The molecule has 1 fully saturated rings. The lowest BCUT2D eigenvalue weighted by molar-refractivity contribution is -0.384. The molecule has 1 atom stereocenters. The van der Waals surface area contributed by atoms with Crippen molar-refractivity contribution in [1.29, 1.82) is 0 Å². The van der Waals surface area contributed by atoms with Crippen LogP contribution in [0.1, 0.15) is 13.8 Å². The van der Waals surface area contributed by atoms with E-state index >= 15 is 0 Å². The molecule has 6 heteroatoms. The number of anilines is 1.